The Kier molecular flexibility index (Phi) is 3.84. The lowest BCUT2D eigenvalue weighted by molar-refractivity contribution is 0.0954. The normalized spacial score (nSPS) is 11.0. The molecule has 7 heteroatoms. The van der Waals surface area contributed by atoms with Crippen molar-refractivity contribution in [3.05, 3.63) is 71.8 Å². The van der Waals surface area contributed by atoms with Crippen molar-refractivity contribution in [2.24, 2.45) is 0 Å². The van der Waals surface area contributed by atoms with E-state index in [1.165, 1.54) is 0 Å². The SMILES string of the molecule is O=C(NCCc1csc2ncnn12)c1cccc(-n2cccc2)c1. The molecule has 6 nitrogen and oxygen atoms in total. The molecule has 1 N–H and O–H groups in total. The number of carbonyl (C=O) groups excluding carboxylic acids is 1. The minimum Gasteiger partial charge on any atom is -0.352 e. The van der Waals surface area contributed by atoms with Gasteiger partial charge in [0.15, 0.2) is 0 Å². The molecule has 0 aliphatic carbocycles. The highest BCUT2D eigenvalue weighted by Crippen LogP contribution is 2.13. The fourth-order valence-electron chi connectivity index (χ4n) is 2.56. The van der Waals surface area contributed by atoms with Crippen LogP contribution in [-0.4, -0.2) is 31.6 Å². The van der Waals surface area contributed by atoms with Gasteiger partial charge < -0.3 is 9.88 Å². The summed E-state index contributed by atoms with van der Waals surface area (Å²) < 4.78 is 3.78. The Bertz CT molecular complexity index is 970. The Morgan fingerprint density at radius 2 is 2.08 bits per heavy atom. The fraction of sp³-hybridized carbons (Fsp3) is 0.118. The summed E-state index contributed by atoms with van der Waals surface area (Å²) in [6.45, 7) is 0.554. The molecule has 0 bridgehead atoms. The van der Waals surface area contributed by atoms with Gasteiger partial charge >= 0.3 is 0 Å². The van der Waals surface area contributed by atoms with Gasteiger partial charge in [0.05, 0.1) is 5.69 Å². The zero-order chi connectivity index (χ0) is 16.4. The number of nitrogens with one attached hydrogen (secondary N) is 1. The molecule has 0 saturated heterocycles. The third-order valence-electron chi connectivity index (χ3n) is 3.77. The molecule has 24 heavy (non-hydrogen) atoms. The summed E-state index contributed by atoms with van der Waals surface area (Å²) in [4.78, 5) is 17.4. The van der Waals surface area contributed by atoms with Gasteiger partial charge in [-0.15, -0.1) is 11.3 Å². The van der Waals surface area contributed by atoms with Crippen LogP contribution in [0.1, 0.15) is 16.1 Å². The molecule has 1 amide bonds. The Morgan fingerprint density at radius 1 is 1.21 bits per heavy atom. The standard InChI is InChI=1S/C17H15N5OS/c23-16(13-4-3-5-14(10-13)21-8-1-2-9-21)18-7-6-15-11-24-17-19-12-20-22(15)17/h1-5,8-12H,6-7H2,(H,18,23). The van der Waals surface area contributed by atoms with Gasteiger partial charge in [-0.2, -0.15) is 5.10 Å². The maximum absolute atomic E-state index is 12.4. The van der Waals surface area contributed by atoms with Crippen LogP contribution in [0.25, 0.3) is 10.6 Å². The number of amides is 1. The van der Waals surface area contributed by atoms with Gasteiger partial charge in [0.2, 0.25) is 4.96 Å². The van der Waals surface area contributed by atoms with E-state index < -0.39 is 0 Å². The smallest absolute Gasteiger partial charge is 0.251 e. The summed E-state index contributed by atoms with van der Waals surface area (Å²) in [5.74, 6) is -0.0749. The Morgan fingerprint density at radius 3 is 2.96 bits per heavy atom. The second kappa shape index (κ2) is 6.29. The van der Waals surface area contributed by atoms with E-state index in [2.05, 4.69) is 15.4 Å². The summed E-state index contributed by atoms with van der Waals surface area (Å²) in [7, 11) is 0. The van der Waals surface area contributed by atoms with E-state index in [1.807, 2.05) is 63.3 Å². The Hall–Kier alpha value is -2.93. The molecule has 120 valence electrons. The van der Waals surface area contributed by atoms with Crippen molar-refractivity contribution in [3.8, 4) is 5.69 Å². The quantitative estimate of drug-likeness (QED) is 0.609. The lowest BCUT2D eigenvalue weighted by Crippen LogP contribution is -2.26. The summed E-state index contributed by atoms with van der Waals surface area (Å²) in [5.41, 5.74) is 2.67. The molecule has 0 saturated carbocycles. The second-order valence-electron chi connectivity index (χ2n) is 5.33. The van der Waals surface area contributed by atoms with Crippen molar-refractivity contribution < 1.29 is 4.79 Å². The largest absolute Gasteiger partial charge is 0.352 e. The topological polar surface area (TPSA) is 64.2 Å². The number of hydrogen-bond donors (Lipinski definition) is 1. The highest BCUT2D eigenvalue weighted by atomic mass is 32.1. The van der Waals surface area contributed by atoms with Gasteiger partial charge in [-0.1, -0.05) is 6.07 Å². The molecule has 0 radical (unpaired) electrons. The minimum atomic E-state index is -0.0749. The van der Waals surface area contributed by atoms with E-state index >= 15 is 0 Å². The molecular weight excluding hydrogens is 322 g/mol. The van der Waals surface area contributed by atoms with E-state index in [-0.39, 0.29) is 5.91 Å². The van der Waals surface area contributed by atoms with Crippen LogP contribution in [0, 0.1) is 0 Å². The van der Waals surface area contributed by atoms with E-state index in [4.69, 9.17) is 0 Å². The van der Waals surface area contributed by atoms with Crippen LogP contribution < -0.4 is 5.32 Å². The van der Waals surface area contributed by atoms with Crippen molar-refractivity contribution >= 4 is 22.2 Å². The molecule has 0 aliphatic heterocycles. The first kappa shape index (κ1) is 14.6. The summed E-state index contributed by atoms with van der Waals surface area (Å²) >= 11 is 1.55. The number of thiazole rings is 1. The molecule has 0 aliphatic rings. The monoisotopic (exact) mass is 337 g/mol. The highest BCUT2D eigenvalue weighted by molar-refractivity contribution is 7.15. The first-order valence-corrected chi connectivity index (χ1v) is 8.47. The third kappa shape index (κ3) is 2.81. The molecule has 0 fully saturated rings. The molecule has 4 rings (SSSR count). The van der Waals surface area contributed by atoms with Gasteiger partial charge in [-0.3, -0.25) is 4.79 Å². The first-order chi connectivity index (χ1) is 11.8. The number of fused-ring (bicyclic) bond motifs is 1. The number of hydrogen-bond acceptors (Lipinski definition) is 4. The van der Waals surface area contributed by atoms with E-state index in [9.17, 15) is 4.79 Å². The Balaban J connectivity index is 1.41. The predicted molar refractivity (Wildman–Crippen MR) is 92.7 cm³/mol. The molecule has 0 atom stereocenters. The first-order valence-electron chi connectivity index (χ1n) is 7.59. The van der Waals surface area contributed by atoms with Crippen LogP contribution in [0.15, 0.2) is 60.5 Å². The molecule has 3 aromatic heterocycles. The zero-order valence-corrected chi connectivity index (χ0v) is 13.6. The van der Waals surface area contributed by atoms with Crippen molar-refractivity contribution in [3.63, 3.8) is 0 Å². The highest BCUT2D eigenvalue weighted by Gasteiger charge is 2.08. The van der Waals surface area contributed by atoms with Crippen molar-refractivity contribution in [1.29, 1.82) is 0 Å². The van der Waals surface area contributed by atoms with Gasteiger partial charge in [-0.05, 0) is 30.3 Å². The second-order valence-corrected chi connectivity index (χ2v) is 6.16. The zero-order valence-electron chi connectivity index (χ0n) is 12.8. The summed E-state index contributed by atoms with van der Waals surface area (Å²) in [6, 6.07) is 11.5. The van der Waals surface area contributed by atoms with Crippen molar-refractivity contribution in [2.75, 3.05) is 6.54 Å². The van der Waals surface area contributed by atoms with Gasteiger partial charge in [0, 0.05) is 42.0 Å². The number of benzene rings is 1. The van der Waals surface area contributed by atoms with Gasteiger partial charge in [0.25, 0.3) is 5.91 Å². The molecule has 1 aromatic carbocycles. The van der Waals surface area contributed by atoms with Gasteiger partial charge in [0.1, 0.15) is 6.33 Å². The van der Waals surface area contributed by atoms with E-state index in [0.717, 1.165) is 16.3 Å². The predicted octanol–water partition coefficient (Wildman–Crippen LogP) is 2.55. The van der Waals surface area contributed by atoms with Crippen LogP contribution >= 0.6 is 11.3 Å². The molecular formula is C17H15N5OS. The number of nitrogens with zero attached hydrogens (tertiary/aromatic N) is 4. The number of rotatable bonds is 5. The molecule has 4 aromatic rings. The van der Waals surface area contributed by atoms with Gasteiger partial charge in [-0.25, -0.2) is 9.50 Å². The summed E-state index contributed by atoms with van der Waals surface area (Å²) in [5, 5.41) is 9.16. The number of carbonyl (C=O) groups is 1. The fourth-order valence-corrected chi connectivity index (χ4v) is 3.40. The van der Waals surface area contributed by atoms with Crippen LogP contribution in [0.2, 0.25) is 0 Å². The van der Waals surface area contributed by atoms with E-state index in [0.29, 0.717) is 18.5 Å². The van der Waals surface area contributed by atoms with Crippen LogP contribution in [-0.2, 0) is 6.42 Å². The maximum atomic E-state index is 12.4. The third-order valence-corrected chi connectivity index (χ3v) is 4.65. The average molecular weight is 337 g/mol. The van der Waals surface area contributed by atoms with Crippen LogP contribution in [0.3, 0.4) is 0 Å². The molecule has 3 heterocycles. The van der Waals surface area contributed by atoms with Crippen molar-refractivity contribution in [2.45, 2.75) is 6.42 Å². The van der Waals surface area contributed by atoms with Crippen molar-refractivity contribution in [1.82, 2.24) is 24.5 Å². The Labute approximate surface area is 142 Å². The lowest BCUT2D eigenvalue weighted by Gasteiger charge is -2.07. The van der Waals surface area contributed by atoms with Crippen LogP contribution in [0.4, 0.5) is 0 Å². The maximum Gasteiger partial charge on any atom is 0.251 e. The number of aromatic nitrogens is 4. The van der Waals surface area contributed by atoms with E-state index in [1.54, 1.807) is 17.7 Å². The lowest BCUT2D eigenvalue weighted by atomic mass is 10.2. The van der Waals surface area contributed by atoms with Crippen LogP contribution in [0.5, 0.6) is 0 Å². The molecule has 0 unspecified atom stereocenters. The minimum absolute atomic E-state index is 0.0749. The summed E-state index contributed by atoms with van der Waals surface area (Å²) in [6.07, 6.45) is 6.17. The average Bonchev–Trinajstić information content (AvgIpc) is 3.34. The molecule has 0 spiro atoms.